The Balaban J connectivity index is 2.15. The summed E-state index contributed by atoms with van der Waals surface area (Å²) in [6, 6.07) is 7.29. The number of likely N-dealkylation sites (N-methyl/N-ethyl adjacent to an activating group) is 1. The van der Waals surface area contributed by atoms with Crippen molar-refractivity contribution in [2.75, 3.05) is 25.1 Å². The standard InChI is InChI=1S/C20H28N2O4/c1-6-25-18(23)16(21-19(24)26-20(2,3)4)12-14-11-15-9-7-8-10-17(15)22(5)13-14/h7-11,16H,6,12-13H2,1-5H3,(H,21,24). The predicted octanol–water partition coefficient (Wildman–Crippen LogP) is 3.37. The summed E-state index contributed by atoms with van der Waals surface area (Å²) in [5, 5.41) is 2.65. The number of benzene rings is 1. The second kappa shape index (κ2) is 8.25. The molecule has 1 atom stereocenters. The van der Waals surface area contributed by atoms with Crippen LogP contribution in [0.4, 0.5) is 10.5 Å². The van der Waals surface area contributed by atoms with E-state index in [4.69, 9.17) is 9.47 Å². The van der Waals surface area contributed by atoms with Crippen molar-refractivity contribution in [3.63, 3.8) is 0 Å². The van der Waals surface area contributed by atoms with Gasteiger partial charge in [0.25, 0.3) is 0 Å². The highest BCUT2D eigenvalue weighted by Crippen LogP contribution is 2.29. The van der Waals surface area contributed by atoms with Crippen LogP contribution in [0.3, 0.4) is 0 Å². The Morgan fingerprint density at radius 2 is 1.96 bits per heavy atom. The predicted molar refractivity (Wildman–Crippen MR) is 102 cm³/mol. The van der Waals surface area contributed by atoms with E-state index in [1.165, 1.54) is 0 Å². The minimum atomic E-state index is -0.783. The van der Waals surface area contributed by atoms with E-state index in [0.717, 1.165) is 16.8 Å². The third kappa shape index (κ3) is 5.51. The van der Waals surface area contributed by atoms with Gasteiger partial charge in [-0.15, -0.1) is 0 Å². The normalized spacial score (nSPS) is 14.8. The molecule has 6 heteroatoms. The number of carbonyl (C=O) groups excluding carboxylic acids is 2. The fraction of sp³-hybridized carbons (Fsp3) is 0.500. The molecule has 6 nitrogen and oxygen atoms in total. The fourth-order valence-corrected chi connectivity index (χ4v) is 2.88. The number of ether oxygens (including phenoxy) is 2. The summed E-state index contributed by atoms with van der Waals surface area (Å²) in [7, 11) is 2.01. The zero-order valence-corrected chi connectivity index (χ0v) is 16.2. The van der Waals surface area contributed by atoms with E-state index in [1.807, 2.05) is 25.2 Å². The van der Waals surface area contributed by atoms with Crippen molar-refractivity contribution in [2.24, 2.45) is 0 Å². The number of nitrogens with one attached hydrogen (secondary N) is 1. The lowest BCUT2D eigenvalue weighted by molar-refractivity contribution is -0.145. The van der Waals surface area contributed by atoms with Crippen LogP contribution in [0.1, 0.15) is 39.7 Å². The molecule has 1 unspecified atom stereocenters. The van der Waals surface area contributed by atoms with Gasteiger partial charge in [-0.05, 0) is 44.9 Å². The van der Waals surface area contributed by atoms with Gasteiger partial charge >= 0.3 is 12.1 Å². The molecule has 0 aliphatic carbocycles. The molecule has 2 rings (SSSR count). The first-order chi connectivity index (χ1) is 12.2. The van der Waals surface area contributed by atoms with Crippen molar-refractivity contribution in [1.29, 1.82) is 0 Å². The van der Waals surface area contributed by atoms with E-state index in [0.29, 0.717) is 13.0 Å². The first-order valence-electron chi connectivity index (χ1n) is 8.85. The Morgan fingerprint density at radius 1 is 1.27 bits per heavy atom. The molecule has 0 saturated carbocycles. The summed E-state index contributed by atoms with van der Waals surface area (Å²) in [4.78, 5) is 26.5. The van der Waals surface area contributed by atoms with E-state index in [9.17, 15) is 9.59 Å². The Kier molecular flexibility index (Phi) is 6.29. The number of carbonyl (C=O) groups is 2. The quantitative estimate of drug-likeness (QED) is 0.816. The smallest absolute Gasteiger partial charge is 0.408 e. The number of rotatable bonds is 5. The van der Waals surface area contributed by atoms with Crippen LogP contribution in [0, 0.1) is 0 Å². The molecule has 142 valence electrons. The first kappa shape index (κ1) is 19.8. The maximum atomic E-state index is 12.3. The van der Waals surface area contributed by atoms with Crippen LogP contribution in [0.2, 0.25) is 0 Å². The van der Waals surface area contributed by atoms with Crippen LogP contribution in [0.15, 0.2) is 29.8 Å². The minimum Gasteiger partial charge on any atom is -0.464 e. The number of alkyl carbamates (subject to hydrolysis) is 1. The van der Waals surface area contributed by atoms with E-state index in [2.05, 4.69) is 22.4 Å². The van der Waals surface area contributed by atoms with Crippen molar-refractivity contribution in [3.8, 4) is 0 Å². The lowest BCUT2D eigenvalue weighted by atomic mass is 9.98. The van der Waals surface area contributed by atoms with Gasteiger partial charge < -0.3 is 19.7 Å². The van der Waals surface area contributed by atoms with Crippen LogP contribution in [0.25, 0.3) is 6.08 Å². The zero-order chi connectivity index (χ0) is 19.3. The molecular weight excluding hydrogens is 332 g/mol. The molecule has 0 saturated heterocycles. The second-order valence-corrected chi connectivity index (χ2v) is 7.37. The van der Waals surface area contributed by atoms with Crippen molar-refractivity contribution < 1.29 is 19.1 Å². The summed E-state index contributed by atoms with van der Waals surface area (Å²) < 4.78 is 10.4. The number of fused-ring (bicyclic) bond motifs is 1. The topological polar surface area (TPSA) is 67.9 Å². The van der Waals surface area contributed by atoms with E-state index in [1.54, 1.807) is 27.7 Å². The van der Waals surface area contributed by atoms with Crippen LogP contribution in [-0.2, 0) is 14.3 Å². The van der Waals surface area contributed by atoms with Gasteiger partial charge in [0.05, 0.1) is 6.61 Å². The average Bonchev–Trinajstić information content (AvgIpc) is 2.53. The van der Waals surface area contributed by atoms with Crippen LogP contribution in [0.5, 0.6) is 0 Å². The molecule has 1 heterocycles. The Hall–Kier alpha value is -2.50. The molecule has 0 bridgehead atoms. The Morgan fingerprint density at radius 3 is 2.62 bits per heavy atom. The molecule has 0 radical (unpaired) electrons. The molecule has 1 aliphatic heterocycles. The molecule has 0 aromatic heterocycles. The molecule has 0 spiro atoms. The molecule has 1 aromatic carbocycles. The number of para-hydroxylation sites is 1. The van der Waals surface area contributed by atoms with E-state index < -0.39 is 23.7 Å². The molecule has 1 amide bonds. The second-order valence-electron chi connectivity index (χ2n) is 7.37. The average molecular weight is 360 g/mol. The maximum Gasteiger partial charge on any atom is 0.408 e. The van der Waals surface area contributed by atoms with Gasteiger partial charge in [-0.3, -0.25) is 0 Å². The first-order valence-corrected chi connectivity index (χ1v) is 8.85. The van der Waals surface area contributed by atoms with Crippen molar-refractivity contribution in [2.45, 2.75) is 45.8 Å². The number of hydrogen-bond acceptors (Lipinski definition) is 5. The number of anilines is 1. The highest BCUT2D eigenvalue weighted by Gasteiger charge is 2.27. The van der Waals surface area contributed by atoms with Crippen molar-refractivity contribution in [3.05, 3.63) is 35.4 Å². The van der Waals surface area contributed by atoms with Gasteiger partial charge in [-0.25, -0.2) is 9.59 Å². The van der Waals surface area contributed by atoms with Crippen molar-refractivity contribution >= 4 is 23.8 Å². The molecule has 0 fully saturated rings. The lowest BCUT2D eigenvalue weighted by Gasteiger charge is -2.29. The lowest BCUT2D eigenvalue weighted by Crippen LogP contribution is -2.45. The number of hydrogen-bond donors (Lipinski definition) is 1. The maximum absolute atomic E-state index is 12.3. The number of esters is 1. The van der Waals surface area contributed by atoms with E-state index >= 15 is 0 Å². The molecule has 26 heavy (non-hydrogen) atoms. The van der Waals surface area contributed by atoms with Gasteiger partial charge in [0.2, 0.25) is 0 Å². The third-order valence-corrected chi connectivity index (χ3v) is 3.88. The van der Waals surface area contributed by atoms with Crippen molar-refractivity contribution in [1.82, 2.24) is 5.32 Å². The third-order valence-electron chi connectivity index (χ3n) is 3.88. The fourth-order valence-electron chi connectivity index (χ4n) is 2.88. The van der Waals surface area contributed by atoms with Gasteiger partial charge in [0.15, 0.2) is 0 Å². The molecule has 1 N–H and O–H groups in total. The van der Waals surface area contributed by atoms with Gasteiger partial charge in [0.1, 0.15) is 11.6 Å². The van der Waals surface area contributed by atoms with Gasteiger partial charge in [-0.1, -0.05) is 24.3 Å². The van der Waals surface area contributed by atoms with E-state index in [-0.39, 0.29) is 6.61 Å². The van der Waals surface area contributed by atoms with Crippen LogP contribution >= 0.6 is 0 Å². The largest absolute Gasteiger partial charge is 0.464 e. The zero-order valence-electron chi connectivity index (χ0n) is 16.2. The summed E-state index contributed by atoms with van der Waals surface area (Å²) in [5.41, 5.74) is 2.65. The highest BCUT2D eigenvalue weighted by molar-refractivity contribution is 5.82. The molecule has 1 aromatic rings. The Bertz CT molecular complexity index is 691. The van der Waals surface area contributed by atoms with Gasteiger partial charge in [0, 0.05) is 25.7 Å². The number of nitrogens with zero attached hydrogens (tertiary/aromatic N) is 1. The SMILES string of the molecule is CCOC(=O)C(CC1=Cc2ccccc2N(C)C1)NC(=O)OC(C)(C)C. The molecule has 1 aliphatic rings. The van der Waals surface area contributed by atoms with Crippen LogP contribution in [-0.4, -0.2) is 43.9 Å². The van der Waals surface area contributed by atoms with Gasteiger partial charge in [-0.2, -0.15) is 0 Å². The monoisotopic (exact) mass is 360 g/mol. The minimum absolute atomic E-state index is 0.257. The Labute approximate surface area is 155 Å². The summed E-state index contributed by atoms with van der Waals surface area (Å²) in [6.45, 7) is 8.02. The summed E-state index contributed by atoms with van der Waals surface area (Å²) in [6.07, 6.45) is 1.82. The highest BCUT2D eigenvalue weighted by atomic mass is 16.6. The summed E-state index contributed by atoms with van der Waals surface area (Å²) >= 11 is 0. The number of amides is 1. The van der Waals surface area contributed by atoms with Crippen LogP contribution < -0.4 is 10.2 Å². The molecular formula is C20H28N2O4. The summed E-state index contributed by atoms with van der Waals surface area (Å²) in [5.74, 6) is -0.458.